The summed E-state index contributed by atoms with van der Waals surface area (Å²) < 4.78 is 0. The molecule has 0 fully saturated rings. The fraction of sp³-hybridized carbons (Fsp3) is 0.286. The molecule has 0 radical (unpaired) electrons. The average molecular weight is 371 g/mol. The van der Waals surface area contributed by atoms with Crippen LogP contribution in [-0.2, 0) is 21.1 Å². The fourth-order valence-corrected chi connectivity index (χ4v) is 1.03. The zero-order valence-corrected chi connectivity index (χ0v) is 9.88. The van der Waals surface area contributed by atoms with Crippen molar-refractivity contribution in [3.8, 4) is 0 Å². The first-order chi connectivity index (χ1) is 4.63. The number of aromatic nitrogens is 1. The van der Waals surface area contributed by atoms with Gasteiger partial charge in [0, 0.05) is 6.20 Å². The Hall–Kier alpha value is 0.418. The summed E-state index contributed by atoms with van der Waals surface area (Å²) in [6.45, 7) is 3.73. The van der Waals surface area contributed by atoms with Gasteiger partial charge >= 0.3 is 21.1 Å². The third-order valence-corrected chi connectivity index (χ3v) is 2.31. The van der Waals surface area contributed by atoms with Crippen molar-refractivity contribution in [2.45, 2.75) is 13.8 Å². The van der Waals surface area contributed by atoms with Gasteiger partial charge in [0.25, 0.3) is 0 Å². The quantitative estimate of drug-likeness (QED) is 0.684. The molecule has 1 aromatic rings. The smallest absolute Gasteiger partial charge is 0.258 e. The van der Waals surface area contributed by atoms with Crippen LogP contribution in [0.4, 0.5) is 0 Å². The van der Waals surface area contributed by atoms with Crippen molar-refractivity contribution < 1.29 is 21.1 Å². The molecule has 0 aromatic carbocycles. The third kappa shape index (κ3) is 2.43. The van der Waals surface area contributed by atoms with Crippen LogP contribution >= 0.6 is 23.2 Å². The van der Waals surface area contributed by atoms with E-state index in [0.717, 1.165) is 11.3 Å². The molecule has 0 aliphatic rings. The molecule has 0 atom stereocenters. The van der Waals surface area contributed by atoms with Crippen molar-refractivity contribution in [2.75, 3.05) is 0 Å². The Morgan fingerprint density at radius 3 is 2.27 bits per heavy atom. The number of halogens is 2. The van der Waals surface area contributed by atoms with Gasteiger partial charge in [0.05, 0.1) is 15.7 Å². The van der Waals surface area contributed by atoms with Gasteiger partial charge in [0.1, 0.15) is 0 Å². The van der Waals surface area contributed by atoms with Crippen LogP contribution in [-0.4, -0.2) is 4.98 Å². The van der Waals surface area contributed by atoms with E-state index in [1.54, 1.807) is 6.20 Å². The normalized spacial score (nSPS) is 9.09. The number of hydrogen-bond acceptors (Lipinski definition) is 1. The maximum Gasteiger partial charge on any atom is 4.00 e. The molecule has 0 saturated carbocycles. The van der Waals surface area contributed by atoms with Gasteiger partial charge in [-0.2, -0.15) is 0 Å². The van der Waals surface area contributed by atoms with E-state index in [0.29, 0.717) is 10.0 Å². The molecular formula is C7H7Cl2NPt+4. The van der Waals surface area contributed by atoms with Crippen LogP contribution in [0.2, 0.25) is 10.0 Å². The number of hydrogen-bond donors (Lipinski definition) is 0. The molecule has 1 heterocycles. The van der Waals surface area contributed by atoms with E-state index >= 15 is 0 Å². The Morgan fingerprint density at radius 1 is 1.27 bits per heavy atom. The van der Waals surface area contributed by atoms with E-state index in [2.05, 4.69) is 4.98 Å². The van der Waals surface area contributed by atoms with Crippen LogP contribution in [0.1, 0.15) is 11.3 Å². The standard InChI is InChI=1S/C7H7Cl2N.Pt/c1-4-6(8)3-10-5(2)7(4)9;/h3H,1-2H3;/q;+4. The van der Waals surface area contributed by atoms with E-state index in [1.807, 2.05) is 13.8 Å². The minimum atomic E-state index is 0. The molecule has 1 nitrogen and oxygen atoms in total. The zero-order valence-electron chi connectivity index (χ0n) is 6.10. The Morgan fingerprint density at radius 2 is 1.82 bits per heavy atom. The predicted octanol–water partition coefficient (Wildman–Crippen LogP) is 3.00. The van der Waals surface area contributed by atoms with Gasteiger partial charge in [-0.3, -0.25) is 4.98 Å². The Balaban J connectivity index is 0.000001000. The Kier molecular flexibility index (Phi) is 4.61. The number of rotatable bonds is 0. The summed E-state index contributed by atoms with van der Waals surface area (Å²) >= 11 is 11.6. The van der Waals surface area contributed by atoms with E-state index in [9.17, 15) is 0 Å². The largest absolute Gasteiger partial charge is 4.00 e. The maximum atomic E-state index is 5.84. The van der Waals surface area contributed by atoms with Crippen molar-refractivity contribution in [2.24, 2.45) is 0 Å². The summed E-state index contributed by atoms with van der Waals surface area (Å²) in [6.07, 6.45) is 1.61. The minimum absolute atomic E-state index is 0. The van der Waals surface area contributed by atoms with Gasteiger partial charge in [-0.15, -0.1) is 0 Å². The second-order valence-electron chi connectivity index (χ2n) is 2.13. The van der Waals surface area contributed by atoms with Crippen LogP contribution in [0.15, 0.2) is 6.20 Å². The van der Waals surface area contributed by atoms with Gasteiger partial charge in [-0.05, 0) is 19.4 Å². The van der Waals surface area contributed by atoms with Gasteiger partial charge < -0.3 is 0 Å². The van der Waals surface area contributed by atoms with Gasteiger partial charge in [0.15, 0.2) is 0 Å². The molecule has 0 aliphatic carbocycles. The third-order valence-electron chi connectivity index (χ3n) is 1.38. The van der Waals surface area contributed by atoms with Gasteiger partial charge in [-0.1, -0.05) is 23.2 Å². The summed E-state index contributed by atoms with van der Waals surface area (Å²) in [4.78, 5) is 3.98. The van der Waals surface area contributed by atoms with E-state index in [4.69, 9.17) is 23.2 Å². The first kappa shape index (κ1) is 11.4. The topological polar surface area (TPSA) is 12.9 Å². The van der Waals surface area contributed by atoms with Crippen LogP contribution in [0.3, 0.4) is 0 Å². The van der Waals surface area contributed by atoms with Gasteiger partial charge in [0.2, 0.25) is 0 Å². The molecule has 0 N–H and O–H groups in total. The van der Waals surface area contributed by atoms with E-state index in [1.165, 1.54) is 0 Å². The summed E-state index contributed by atoms with van der Waals surface area (Å²) in [6, 6.07) is 0. The Labute approximate surface area is 90.4 Å². The predicted molar refractivity (Wildman–Crippen MR) is 43.7 cm³/mol. The molecule has 1 aromatic heterocycles. The molecule has 0 unspecified atom stereocenters. The molecule has 0 spiro atoms. The monoisotopic (exact) mass is 370 g/mol. The number of aryl methyl sites for hydroxylation is 1. The molecule has 0 saturated heterocycles. The number of nitrogens with zero attached hydrogens (tertiary/aromatic N) is 1. The number of pyridine rings is 1. The van der Waals surface area contributed by atoms with E-state index in [-0.39, 0.29) is 21.1 Å². The van der Waals surface area contributed by atoms with Crippen LogP contribution in [0, 0.1) is 13.8 Å². The van der Waals surface area contributed by atoms with Crippen LogP contribution in [0.25, 0.3) is 0 Å². The molecule has 0 amide bonds. The van der Waals surface area contributed by atoms with Gasteiger partial charge in [-0.25, -0.2) is 0 Å². The molecule has 11 heavy (non-hydrogen) atoms. The zero-order chi connectivity index (χ0) is 7.72. The van der Waals surface area contributed by atoms with Crippen molar-refractivity contribution in [3.63, 3.8) is 0 Å². The van der Waals surface area contributed by atoms with Crippen molar-refractivity contribution in [3.05, 3.63) is 27.5 Å². The van der Waals surface area contributed by atoms with Crippen LogP contribution < -0.4 is 0 Å². The molecule has 0 aliphatic heterocycles. The first-order valence-electron chi connectivity index (χ1n) is 2.90. The Bertz CT molecular complexity index is 236. The molecule has 4 heteroatoms. The van der Waals surface area contributed by atoms with Crippen molar-refractivity contribution >= 4 is 23.2 Å². The average Bonchev–Trinajstić information content (AvgIpc) is 1.93. The fourth-order valence-electron chi connectivity index (χ4n) is 0.683. The summed E-state index contributed by atoms with van der Waals surface area (Å²) in [5.74, 6) is 0. The molecule has 60 valence electrons. The second kappa shape index (κ2) is 4.45. The SMILES string of the molecule is Cc1ncc(Cl)c(C)c1Cl.[Pt+4]. The second-order valence-corrected chi connectivity index (χ2v) is 2.92. The minimum Gasteiger partial charge on any atom is -0.258 e. The van der Waals surface area contributed by atoms with E-state index < -0.39 is 0 Å². The summed E-state index contributed by atoms with van der Waals surface area (Å²) in [5, 5.41) is 1.28. The summed E-state index contributed by atoms with van der Waals surface area (Å²) in [7, 11) is 0. The maximum absolute atomic E-state index is 5.84. The first-order valence-corrected chi connectivity index (χ1v) is 3.65. The van der Waals surface area contributed by atoms with Crippen LogP contribution in [0.5, 0.6) is 0 Å². The van der Waals surface area contributed by atoms with Crippen molar-refractivity contribution in [1.29, 1.82) is 0 Å². The molecule has 0 bridgehead atoms. The summed E-state index contributed by atoms with van der Waals surface area (Å²) in [5.41, 5.74) is 1.72. The van der Waals surface area contributed by atoms with Crippen molar-refractivity contribution in [1.82, 2.24) is 4.98 Å². The molecular weight excluding hydrogens is 364 g/mol. The molecule has 1 rings (SSSR count).